The Bertz CT molecular complexity index is 844. The normalized spacial score (nSPS) is 23.6. The van der Waals surface area contributed by atoms with Crippen molar-refractivity contribution in [3.05, 3.63) is 41.6 Å². The van der Waals surface area contributed by atoms with Gasteiger partial charge in [-0.15, -0.1) is 0 Å². The lowest BCUT2D eigenvalue weighted by molar-refractivity contribution is -0.123. The smallest absolute Gasteiger partial charge is 0.254 e. The third-order valence-corrected chi connectivity index (χ3v) is 5.51. The molecule has 0 radical (unpaired) electrons. The average molecular weight is 337 g/mol. The molecular formula is C20H23N3O2. The summed E-state index contributed by atoms with van der Waals surface area (Å²) in [5.74, 6) is -0.105. The summed E-state index contributed by atoms with van der Waals surface area (Å²) in [6.45, 7) is 2.45. The second kappa shape index (κ2) is 6.14. The summed E-state index contributed by atoms with van der Waals surface area (Å²) in [7, 11) is 0. The summed E-state index contributed by atoms with van der Waals surface area (Å²) < 4.78 is 0. The second-order valence-electron chi connectivity index (χ2n) is 7.37. The van der Waals surface area contributed by atoms with Gasteiger partial charge in [0.25, 0.3) is 5.91 Å². The highest BCUT2D eigenvalue weighted by Gasteiger charge is 2.34. The number of piperidine rings is 1. The highest BCUT2D eigenvalue weighted by atomic mass is 16.2. The number of para-hydroxylation sites is 1. The van der Waals surface area contributed by atoms with Gasteiger partial charge in [0.2, 0.25) is 5.91 Å². The van der Waals surface area contributed by atoms with E-state index in [0.29, 0.717) is 18.0 Å². The Morgan fingerprint density at radius 3 is 2.64 bits per heavy atom. The Kier molecular flexibility index (Phi) is 3.94. The van der Waals surface area contributed by atoms with E-state index in [-0.39, 0.29) is 23.8 Å². The Hall–Kier alpha value is -2.43. The van der Waals surface area contributed by atoms with Gasteiger partial charge in [0, 0.05) is 29.6 Å². The van der Waals surface area contributed by atoms with Crippen LogP contribution in [0.15, 0.2) is 30.3 Å². The molecule has 1 saturated heterocycles. The number of aromatic nitrogens is 1. The predicted molar refractivity (Wildman–Crippen MR) is 96.1 cm³/mol. The van der Waals surface area contributed by atoms with E-state index in [1.807, 2.05) is 42.2 Å². The fourth-order valence-electron chi connectivity index (χ4n) is 3.74. The first-order valence-corrected chi connectivity index (χ1v) is 9.04. The van der Waals surface area contributed by atoms with Crippen molar-refractivity contribution in [2.45, 2.75) is 44.6 Å². The number of pyridine rings is 1. The molecule has 2 amide bonds. The predicted octanol–water partition coefficient (Wildman–Crippen LogP) is 2.84. The van der Waals surface area contributed by atoms with Crippen LogP contribution in [0.4, 0.5) is 0 Å². The number of likely N-dealkylation sites (tertiary alicyclic amines) is 1. The number of benzene rings is 1. The van der Waals surface area contributed by atoms with E-state index in [2.05, 4.69) is 0 Å². The van der Waals surface area contributed by atoms with E-state index < -0.39 is 0 Å². The van der Waals surface area contributed by atoms with Crippen LogP contribution in [0, 0.1) is 5.92 Å². The molecule has 130 valence electrons. The summed E-state index contributed by atoms with van der Waals surface area (Å²) in [6.07, 6.45) is 3.84. The van der Waals surface area contributed by atoms with Crippen molar-refractivity contribution in [3.63, 3.8) is 0 Å². The van der Waals surface area contributed by atoms with Crippen LogP contribution in [0.25, 0.3) is 10.9 Å². The number of hydrogen-bond donors (Lipinski definition) is 1. The van der Waals surface area contributed by atoms with Crippen LogP contribution in [0.5, 0.6) is 0 Å². The third-order valence-electron chi connectivity index (χ3n) is 5.51. The number of carbonyl (C=O) groups excluding carboxylic acids is 2. The quantitative estimate of drug-likeness (QED) is 0.935. The zero-order chi connectivity index (χ0) is 17.6. The zero-order valence-corrected chi connectivity index (χ0v) is 14.4. The zero-order valence-electron chi connectivity index (χ0n) is 14.4. The maximum Gasteiger partial charge on any atom is 0.254 e. The molecule has 1 aliphatic heterocycles. The van der Waals surface area contributed by atoms with Gasteiger partial charge in [0.1, 0.15) is 0 Å². The molecule has 2 fully saturated rings. The van der Waals surface area contributed by atoms with Crippen LogP contribution in [0.3, 0.4) is 0 Å². The first-order chi connectivity index (χ1) is 12.0. The summed E-state index contributed by atoms with van der Waals surface area (Å²) in [4.78, 5) is 31.5. The fourth-order valence-corrected chi connectivity index (χ4v) is 3.74. The molecule has 2 aliphatic rings. The Morgan fingerprint density at radius 2 is 1.92 bits per heavy atom. The minimum atomic E-state index is -0.317. The lowest BCUT2D eigenvalue weighted by Gasteiger charge is -2.37. The third kappa shape index (κ3) is 2.99. The van der Waals surface area contributed by atoms with E-state index in [1.54, 1.807) is 0 Å². The number of carbonyl (C=O) groups is 2. The Balaban J connectivity index is 1.74. The number of rotatable bonds is 3. The Labute approximate surface area is 147 Å². The van der Waals surface area contributed by atoms with Gasteiger partial charge < -0.3 is 10.6 Å². The number of primary amides is 1. The Morgan fingerprint density at radius 1 is 1.16 bits per heavy atom. The van der Waals surface area contributed by atoms with Crippen molar-refractivity contribution in [1.29, 1.82) is 0 Å². The SMILES string of the molecule is C[C@H]1CC[C@@H](C(N)=O)CN1C(=O)c1cc(C2CC2)nc2ccccc12. The molecule has 1 aromatic heterocycles. The van der Waals surface area contributed by atoms with E-state index in [4.69, 9.17) is 10.7 Å². The lowest BCUT2D eigenvalue weighted by Crippen LogP contribution is -2.48. The molecule has 1 aromatic carbocycles. The van der Waals surface area contributed by atoms with E-state index >= 15 is 0 Å². The molecule has 0 spiro atoms. The van der Waals surface area contributed by atoms with E-state index in [1.165, 1.54) is 0 Å². The molecule has 2 N–H and O–H groups in total. The van der Waals surface area contributed by atoms with Gasteiger partial charge in [-0.3, -0.25) is 14.6 Å². The van der Waals surface area contributed by atoms with Crippen molar-refractivity contribution in [2.75, 3.05) is 6.54 Å². The van der Waals surface area contributed by atoms with Crippen LogP contribution < -0.4 is 5.73 Å². The van der Waals surface area contributed by atoms with Gasteiger partial charge in [0.05, 0.1) is 17.0 Å². The monoisotopic (exact) mass is 337 g/mol. The maximum absolute atomic E-state index is 13.3. The number of hydrogen-bond acceptors (Lipinski definition) is 3. The number of fused-ring (bicyclic) bond motifs is 1. The maximum atomic E-state index is 13.3. The molecule has 25 heavy (non-hydrogen) atoms. The van der Waals surface area contributed by atoms with Gasteiger partial charge in [-0.05, 0) is 44.7 Å². The molecule has 2 atom stereocenters. The van der Waals surface area contributed by atoms with Crippen molar-refractivity contribution in [3.8, 4) is 0 Å². The molecule has 2 aromatic rings. The number of amides is 2. The molecule has 0 unspecified atom stereocenters. The summed E-state index contributed by atoms with van der Waals surface area (Å²) >= 11 is 0. The molecule has 1 aliphatic carbocycles. The van der Waals surface area contributed by atoms with Gasteiger partial charge >= 0.3 is 0 Å². The molecule has 1 saturated carbocycles. The fraction of sp³-hybridized carbons (Fsp3) is 0.450. The molecular weight excluding hydrogens is 314 g/mol. The van der Waals surface area contributed by atoms with Gasteiger partial charge in [-0.25, -0.2) is 0 Å². The topological polar surface area (TPSA) is 76.3 Å². The van der Waals surface area contributed by atoms with E-state index in [9.17, 15) is 9.59 Å². The average Bonchev–Trinajstić information content (AvgIpc) is 3.45. The summed E-state index contributed by atoms with van der Waals surface area (Å²) in [5, 5.41) is 0.880. The van der Waals surface area contributed by atoms with Crippen molar-refractivity contribution < 1.29 is 9.59 Å². The van der Waals surface area contributed by atoms with Crippen molar-refractivity contribution >= 4 is 22.7 Å². The minimum Gasteiger partial charge on any atom is -0.369 e. The highest BCUT2D eigenvalue weighted by molar-refractivity contribution is 6.06. The van der Waals surface area contributed by atoms with Crippen molar-refractivity contribution in [2.24, 2.45) is 11.7 Å². The summed E-state index contributed by atoms with van der Waals surface area (Å²) in [5.41, 5.74) is 8.07. The molecule has 2 heterocycles. The van der Waals surface area contributed by atoms with Crippen LogP contribution in [0.1, 0.15) is 54.6 Å². The molecule has 0 bridgehead atoms. The van der Waals surface area contributed by atoms with Crippen LogP contribution in [-0.4, -0.2) is 34.3 Å². The molecule has 5 heteroatoms. The van der Waals surface area contributed by atoms with Gasteiger partial charge in [-0.1, -0.05) is 18.2 Å². The molecule has 4 rings (SSSR count). The second-order valence-corrected chi connectivity index (χ2v) is 7.37. The summed E-state index contributed by atoms with van der Waals surface area (Å²) in [6, 6.07) is 9.87. The lowest BCUT2D eigenvalue weighted by atomic mass is 9.92. The van der Waals surface area contributed by atoms with Crippen LogP contribution in [-0.2, 0) is 4.79 Å². The standard InChI is InChI=1S/C20H23N3O2/c1-12-6-7-14(19(21)24)11-23(12)20(25)16-10-18(13-8-9-13)22-17-5-3-2-4-15(16)17/h2-5,10,12-14H,6-9,11H2,1H3,(H2,21,24)/t12-,14+/m0/s1. The minimum absolute atomic E-state index is 0.0149. The first-order valence-electron chi connectivity index (χ1n) is 9.04. The van der Waals surface area contributed by atoms with Crippen LogP contribution in [0.2, 0.25) is 0 Å². The van der Waals surface area contributed by atoms with Gasteiger partial charge in [0.15, 0.2) is 0 Å². The van der Waals surface area contributed by atoms with Crippen molar-refractivity contribution in [1.82, 2.24) is 9.88 Å². The largest absolute Gasteiger partial charge is 0.369 e. The molecule has 5 nitrogen and oxygen atoms in total. The van der Waals surface area contributed by atoms with Gasteiger partial charge in [-0.2, -0.15) is 0 Å². The number of nitrogens with two attached hydrogens (primary N) is 1. The highest BCUT2D eigenvalue weighted by Crippen LogP contribution is 2.40. The van der Waals surface area contributed by atoms with E-state index in [0.717, 1.165) is 42.3 Å². The first kappa shape index (κ1) is 16.1. The number of nitrogens with zero attached hydrogens (tertiary/aromatic N) is 2. The van der Waals surface area contributed by atoms with Crippen LogP contribution >= 0.6 is 0 Å².